The third-order valence-corrected chi connectivity index (χ3v) is 2.50. The molecule has 0 bridgehead atoms. The third-order valence-electron chi connectivity index (χ3n) is 2.50. The number of ether oxygens (including phenoxy) is 1. The Labute approximate surface area is 120 Å². The van der Waals surface area contributed by atoms with Crippen LogP contribution in [0.4, 0.5) is 4.39 Å². The first-order chi connectivity index (χ1) is 9.97. The van der Waals surface area contributed by atoms with Gasteiger partial charge in [0, 0.05) is 5.56 Å². The summed E-state index contributed by atoms with van der Waals surface area (Å²) < 4.78 is 17.3. The van der Waals surface area contributed by atoms with Gasteiger partial charge in [-0.25, -0.2) is 9.18 Å². The van der Waals surface area contributed by atoms with Gasteiger partial charge in [-0.15, -0.1) is 0 Å². The molecule has 2 amide bonds. The molecule has 0 aromatic heterocycles. The van der Waals surface area contributed by atoms with E-state index in [9.17, 15) is 18.8 Å². The fraction of sp³-hybridized carbons (Fsp3) is 0.308. The molecule has 1 rings (SSSR count). The lowest BCUT2D eigenvalue weighted by Gasteiger charge is -2.14. The fourth-order valence-electron chi connectivity index (χ4n) is 1.46. The summed E-state index contributed by atoms with van der Waals surface area (Å²) in [6.45, 7) is -1.06. The number of nitrogens with one attached hydrogen (secondary N) is 2. The zero-order valence-electron chi connectivity index (χ0n) is 11.3. The van der Waals surface area contributed by atoms with Gasteiger partial charge in [0.25, 0.3) is 5.91 Å². The van der Waals surface area contributed by atoms with Gasteiger partial charge in [0.2, 0.25) is 5.91 Å². The molecule has 7 nitrogen and oxygen atoms in total. The Morgan fingerprint density at radius 2 is 2.10 bits per heavy atom. The average Bonchev–Trinajstić information content (AvgIpc) is 2.49. The van der Waals surface area contributed by atoms with E-state index in [1.54, 1.807) is 0 Å². The lowest BCUT2D eigenvalue weighted by Crippen LogP contribution is -2.47. The number of carbonyl (C=O) groups is 3. The zero-order chi connectivity index (χ0) is 15.8. The number of esters is 1. The smallest absolute Gasteiger partial charge is 0.330 e. The van der Waals surface area contributed by atoms with Crippen LogP contribution in [0.1, 0.15) is 10.4 Å². The molecule has 0 aliphatic heterocycles. The van der Waals surface area contributed by atoms with Crippen LogP contribution in [0.5, 0.6) is 0 Å². The van der Waals surface area contributed by atoms with Crippen molar-refractivity contribution in [2.75, 3.05) is 20.3 Å². The molecule has 8 heteroatoms. The van der Waals surface area contributed by atoms with Crippen molar-refractivity contribution >= 4 is 17.8 Å². The summed E-state index contributed by atoms with van der Waals surface area (Å²) in [6, 6.07) is 3.77. The number of rotatable bonds is 6. The number of methoxy groups -OCH3 is 1. The normalized spacial score (nSPS) is 11.4. The molecule has 114 valence electrons. The van der Waals surface area contributed by atoms with Gasteiger partial charge in [0.05, 0.1) is 20.3 Å². The van der Waals surface area contributed by atoms with Gasteiger partial charge >= 0.3 is 5.97 Å². The van der Waals surface area contributed by atoms with Crippen LogP contribution in [0.25, 0.3) is 0 Å². The van der Waals surface area contributed by atoms with E-state index < -0.39 is 42.8 Å². The summed E-state index contributed by atoms with van der Waals surface area (Å²) in [6.07, 6.45) is 0. The second-order valence-corrected chi connectivity index (χ2v) is 4.02. The van der Waals surface area contributed by atoms with Crippen LogP contribution < -0.4 is 10.6 Å². The van der Waals surface area contributed by atoms with E-state index >= 15 is 0 Å². The molecule has 0 saturated carbocycles. The van der Waals surface area contributed by atoms with Crippen LogP contribution in [-0.2, 0) is 14.3 Å². The largest absolute Gasteiger partial charge is 0.467 e. The topological polar surface area (TPSA) is 105 Å². The van der Waals surface area contributed by atoms with Crippen molar-refractivity contribution in [1.82, 2.24) is 10.6 Å². The fourth-order valence-corrected chi connectivity index (χ4v) is 1.46. The zero-order valence-corrected chi connectivity index (χ0v) is 11.3. The molecule has 1 atom stereocenters. The maximum absolute atomic E-state index is 12.9. The molecule has 21 heavy (non-hydrogen) atoms. The van der Waals surface area contributed by atoms with Crippen molar-refractivity contribution in [2.45, 2.75) is 6.04 Å². The number of aliphatic hydroxyl groups excluding tert-OH is 1. The minimum atomic E-state index is -1.20. The molecule has 0 spiro atoms. The van der Waals surface area contributed by atoms with Gasteiger partial charge in [-0.1, -0.05) is 6.07 Å². The summed E-state index contributed by atoms with van der Waals surface area (Å²) >= 11 is 0. The molecule has 1 aromatic carbocycles. The second kappa shape index (κ2) is 7.95. The Morgan fingerprint density at radius 3 is 2.67 bits per heavy atom. The third kappa shape index (κ3) is 5.19. The van der Waals surface area contributed by atoms with Crippen molar-refractivity contribution in [3.05, 3.63) is 35.6 Å². The molecule has 0 heterocycles. The summed E-state index contributed by atoms with van der Waals surface area (Å²) in [5, 5.41) is 13.4. The summed E-state index contributed by atoms with van der Waals surface area (Å²) in [4.78, 5) is 34.3. The van der Waals surface area contributed by atoms with Crippen LogP contribution in [0.15, 0.2) is 24.3 Å². The van der Waals surface area contributed by atoms with Crippen molar-refractivity contribution in [1.29, 1.82) is 0 Å². The number of carbonyl (C=O) groups excluding carboxylic acids is 3. The Kier molecular flexibility index (Phi) is 6.28. The van der Waals surface area contributed by atoms with E-state index in [1.807, 2.05) is 0 Å². The monoisotopic (exact) mass is 298 g/mol. The SMILES string of the molecule is COC(=O)C(CO)NC(=O)CNC(=O)c1cccc(F)c1. The highest BCUT2D eigenvalue weighted by molar-refractivity contribution is 5.96. The molecule has 0 aliphatic rings. The van der Waals surface area contributed by atoms with Crippen LogP contribution in [0.2, 0.25) is 0 Å². The maximum atomic E-state index is 12.9. The van der Waals surface area contributed by atoms with Gasteiger partial charge in [-0.3, -0.25) is 9.59 Å². The number of aliphatic hydroxyl groups is 1. The molecule has 0 saturated heterocycles. The number of hydrogen-bond donors (Lipinski definition) is 3. The molecular weight excluding hydrogens is 283 g/mol. The van der Waals surface area contributed by atoms with E-state index in [1.165, 1.54) is 18.2 Å². The Morgan fingerprint density at radius 1 is 1.38 bits per heavy atom. The summed E-state index contributed by atoms with van der Waals surface area (Å²) in [7, 11) is 1.11. The quantitative estimate of drug-likeness (QED) is 0.597. The van der Waals surface area contributed by atoms with Crippen molar-refractivity contribution in [2.24, 2.45) is 0 Å². The van der Waals surface area contributed by atoms with Gasteiger partial charge in [-0.2, -0.15) is 0 Å². The van der Waals surface area contributed by atoms with E-state index in [0.29, 0.717) is 0 Å². The van der Waals surface area contributed by atoms with Gasteiger partial charge in [-0.05, 0) is 18.2 Å². The summed E-state index contributed by atoms with van der Waals surface area (Å²) in [5.41, 5.74) is 0.0643. The highest BCUT2D eigenvalue weighted by Gasteiger charge is 2.20. The average molecular weight is 298 g/mol. The standard InChI is InChI=1S/C13H15FN2O5/c1-21-13(20)10(7-17)16-11(18)6-15-12(19)8-3-2-4-9(14)5-8/h2-5,10,17H,6-7H2,1H3,(H,15,19)(H,16,18). The van der Waals surface area contributed by atoms with Crippen molar-refractivity contribution in [3.8, 4) is 0 Å². The molecule has 0 fully saturated rings. The van der Waals surface area contributed by atoms with Crippen molar-refractivity contribution < 1.29 is 28.6 Å². The highest BCUT2D eigenvalue weighted by atomic mass is 19.1. The Bertz CT molecular complexity index is 535. The van der Waals surface area contributed by atoms with Gasteiger partial charge < -0.3 is 20.5 Å². The van der Waals surface area contributed by atoms with E-state index in [-0.39, 0.29) is 5.56 Å². The molecule has 1 aromatic rings. The van der Waals surface area contributed by atoms with E-state index in [2.05, 4.69) is 15.4 Å². The van der Waals surface area contributed by atoms with E-state index in [4.69, 9.17) is 5.11 Å². The van der Waals surface area contributed by atoms with Crippen molar-refractivity contribution in [3.63, 3.8) is 0 Å². The van der Waals surface area contributed by atoms with Crippen LogP contribution in [0, 0.1) is 5.82 Å². The Balaban J connectivity index is 2.49. The first kappa shape index (κ1) is 16.6. The summed E-state index contributed by atoms with van der Waals surface area (Å²) in [5.74, 6) is -2.70. The number of amides is 2. The minimum Gasteiger partial charge on any atom is -0.467 e. The van der Waals surface area contributed by atoms with Gasteiger partial charge in [0.1, 0.15) is 5.82 Å². The molecule has 1 unspecified atom stereocenters. The number of halogens is 1. The predicted molar refractivity (Wildman–Crippen MR) is 69.8 cm³/mol. The van der Waals surface area contributed by atoms with Crippen LogP contribution in [0.3, 0.4) is 0 Å². The molecule has 0 aliphatic carbocycles. The number of benzene rings is 1. The highest BCUT2D eigenvalue weighted by Crippen LogP contribution is 2.02. The first-order valence-corrected chi connectivity index (χ1v) is 5.99. The van der Waals surface area contributed by atoms with E-state index in [0.717, 1.165) is 13.2 Å². The van der Waals surface area contributed by atoms with Crippen LogP contribution in [-0.4, -0.2) is 49.2 Å². The first-order valence-electron chi connectivity index (χ1n) is 5.99. The molecular formula is C13H15FN2O5. The maximum Gasteiger partial charge on any atom is 0.330 e. The minimum absolute atomic E-state index is 0.0643. The molecule has 3 N–H and O–H groups in total. The second-order valence-electron chi connectivity index (χ2n) is 4.02. The van der Waals surface area contributed by atoms with Gasteiger partial charge in [0.15, 0.2) is 6.04 Å². The van der Waals surface area contributed by atoms with Crippen LogP contribution >= 0.6 is 0 Å². The lowest BCUT2D eigenvalue weighted by atomic mass is 10.2. The number of hydrogen-bond acceptors (Lipinski definition) is 5. The Hall–Kier alpha value is -2.48. The lowest BCUT2D eigenvalue weighted by molar-refractivity contribution is -0.146. The molecule has 0 radical (unpaired) electrons. The predicted octanol–water partition coefficient (Wildman–Crippen LogP) is -0.794.